The number of halogens is 1. The molecular weight excluding hydrogens is 404 g/mol. The van der Waals surface area contributed by atoms with E-state index in [2.05, 4.69) is 0 Å². The quantitative estimate of drug-likeness (QED) is 0.642. The first-order valence-corrected chi connectivity index (χ1v) is 10.6. The van der Waals surface area contributed by atoms with Crippen LogP contribution in [0.25, 0.3) is 0 Å². The van der Waals surface area contributed by atoms with Crippen LogP contribution in [-0.2, 0) is 11.2 Å². The third-order valence-corrected chi connectivity index (χ3v) is 5.43. The molecule has 0 amide bonds. The van der Waals surface area contributed by atoms with Gasteiger partial charge in [-0.2, -0.15) is 0 Å². The smallest absolute Gasteiger partial charge is 0.152 e. The summed E-state index contributed by atoms with van der Waals surface area (Å²) in [7, 11) is 0. The van der Waals surface area contributed by atoms with Crippen molar-refractivity contribution < 1.29 is 24.8 Å². The molecule has 1 fully saturated rings. The second-order valence-electron chi connectivity index (χ2n) is 7.88. The van der Waals surface area contributed by atoms with Gasteiger partial charge in [-0.15, -0.1) is 0 Å². The Morgan fingerprint density at radius 2 is 1.77 bits per heavy atom. The molecule has 1 aliphatic rings. The van der Waals surface area contributed by atoms with E-state index in [1.807, 2.05) is 51.1 Å². The number of hydrogen-bond acceptors (Lipinski definition) is 5. The van der Waals surface area contributed by atoms with E-state index in [0.29, 0.717) is 23.6 Å². The second kappa shape index (κ2) is 9.84. The lowest BCUT2D eigenvalue weighted by Gasteiger charge is -2.38. The first kappa shape index (κ1) is 22.6. The predicted molar refractivity (Wildman–Crippen MR) is 117 cm³/mol. The van der Waals surface area contributed by atoms with Crippen LogP contribution in [-0.4, -0.2) is 40.2 Å². The van der Waals surface area contributed by atoms with Crippen LogP contribution in [0.1, 0.15) is 43.6 Å². The third kappa shape index (κ3) is 5.16. The molecule has 6 heteroatoms. The van der Waals surface area contributed by atoms with Crippen LogP contribution in [0.2, 0.25) is 5.02 Å². The molecule has 0 saturated carbocycles. The Kier molecular flexibility index (Phi) is 7.42. The molecule has 0 aliphatic carbocycles. The van der Waals surface area contributed by atoms with Gasteiger partial charge in [0.05, 0.1) is 6.61 Å². The molecule has 2 aromatic rings. The van der Waals surface area contributed by atoms with Crippen molar-refractivity contribution in [3.8, 4) is 5.75 Å². The Bertz CT molecular complexity index is 878. The highest BCUT2D eigenvalue weighted by Gasteiger charge is 2.42. The Balaban J connectivity index is 1.86. The zero-order valence-corrected chi connectivity index (χ0v) is 18.2. The molecule has 0 aromatic heterocycles. The largest absolute Gasteiger partial charge is 0.494 e. The van der Waals surface area contributed by atoms with Gasteiger partial charge in [-0.05, 0) is 60.2 Å². The van der Waals surface area contributed by atoms with Gasteiger partial charge in [-0.3, -0.25) is 0 Å². The highest BCUT2D eigenvalue weighted by Crippen LogP contribution is 2.36. The Morgan fingerprint density at radius 1 is 1.07 bits per heavy atom. The summed E-state index contributed by atoms with van der Waals surface area (Å²) in [6.45, 7) is 6.46. The Hall–Kier alpha value is -2.05. The number of ether oxygens (including phenoxy) is 2. The van der Waals surface area contributed by atoms with Gasteiger partial charge in [-0.25, -0.2) is 0 Å². The van der Waals surface area contributed by atoms with E-state index in [4.69, 9.17) is 21.1 Å². The fourth-order valence-corrected chi connectivity index (χ4v) is 3.73. The minimum absolute atomic E-state index is 0.123. The van der Waals surface area contributed by atoms with E-state index in [-0.39, 0.29) is 11.7 Å². The molecule has 0 spiro atoms. The standard InChI is InChI=1S/C24H29ClO5/c1-4-29-18-8-5-15(6-9-18)12-17-13-16(7-10-19(17)25)24-23(28)22(27)21(26)20(30-24)11-14(2)3/h5-11,13-14,21-24,26-28H,4,12H2,1-3H3/b20-11-/t21-,22+,23-,24+/m1/s1. The van der Waals surface area contributed by atoms with Crippen LogP contribution in [0.4, 0.5) is 0 Å². The van der Waals surface area contributed by atoms with Crippen molar-refractivity contribution in [3.63, 3.8) is 0 Å². The number of hydrogen-bond donors (Lipinski definition) is 3. The molecule has 5 nitrogen and oxygen atoms in total. The first-order chi connectivity index (χ1) is 14.3. The highest BCUT2D eigenvalue weighted by atomic mass is 35.5. The van der Waals surface area contributed by atoms with E-state index in [0.717, 1.165) is 16.9 Å². The third-order valence-electron chi connectivity index (χ3n) is 5.06. The number of benzene rings is 2. The summed E-state index contributed by atoms with van der Waals surface area (Å²) in [5, 5.41) is 31.7. The number of aliphatic hydroxyl groups excluding tert-OH is 3. The van der Waals surface area contributed by atoms with Crippen molar-refractivity contribution in [2.45, 2.75) is 51.6 Å². The number of allylic oxidation sites excluding steroid dienone is 1. The summed E-state index contributed by atoms with van der Waals surface area (Å²) in [6, 6.07) is 13.2. The van der Waals surface area contributed by atoms with Gasteiger partial charge in [0.15, 0.2) is 6.10 Å². The number of rotatable bonds is 6. The van der Waals surface area contributed by atoms with Crippen LogP contribution >= 0.6 is 11.6 Å². The lowest BCUT2D eigenvalue weighted by atomic mass is 9.91. The van der Waals surface area contributed by atoms with Gasteiger partial charge in [0.25, 0.3) is 0 Å². The zero-order chi connectivity index (χ0) is 21.8. The van der Waals surface area contributed by atoms with Gasteiger partial charge in [-0.1, -0.05) is 49.7 Å². The molecule has 0 unspecified atom stereocenters. The SMILES string of the molecule is CCOc1ccc(Cc2cc([C@@H]3O/C(=C\C(C)C)[C@@H](O)[C@H](O)[C@H]3O)ccc2Cl)cc1. The van der Waals surface area contributed by atoms with Crippen molar-refractivity contribution in [2.24, 2.45) is 5.92 Å². The molecule has 4 atom stereocenters. The van der Waals surface area contributed by atoms with Crippen LogP contribution < -0.4 is 4.74 Å². The fraction of sp³-hybridized carbons (Fsp3) is 0.417. The van der Waals surface area contributed by atoms with Crippen molar-refractivity contribution in [1.82, 2.24) is 0 Å². The lowest BCUT2D eigenvalue weighted by molar-refractivity contribution is -0.158. The average Bonchev–Trinajstić information content (AvgIpc) is 2.71. The average molecular weight is 433 g/mol. The molecule has 0 radical (unpaired) electrons. The second-order valence-corrected chi connectivity index (χ2v) is 8.29. The van der Waals surface area contributed by atoms with Crippen LogP contribution in [0.5, 0.6) is 5.75 Å². The normalized spacial score (nSPS) is 25.4. The summed E-state index contributed by atoms with van der Waals surface area (Å²) in [5.74, 6) is 1.21. The number of aliphatic hydroxyl groups is 3. The molecule has 1 heterocycles. The zero-order valence-electron chi connectivity index (χ0n) is 17.5. The van der Waals surface area contributed by atoms with E-state index in [1.54, 1.807) is 18.2 Å². The minimum Gasteiger partial charge on any atom is -0.494 e. The van der Waals surface area contributed by atoms with Gasteiger partial charge in [0.2, 0.25) is 0 Å². The van der Waals surface area contributed by atoms with Crippen LogP contribution in [0.15, 0.2) is 54.3 Å². The first-order valence-electron chi connectivity index (χ1n) is 10.2. The lowest BCUT2D eigenvalue weighted by Crippen LogP contribution is -2.48. The fourth-order valence-electron chi connectivity index (χ4n) is 3.55. The topological polar surface area (TPSA) is 79.2 Å². The molecule has 162 valence electrons. The maximum Gasteiger partial charge on any atom is 0.152 e. The summed E-state index contributed by atoms with van der Waals surface area (Å²) in [4.78, 5) is 0. The van der Waals surface area contributed by atoms with Gasteiger partial charge in [0, 0.05) is 5.02 Å². The summed E-state index contributed by atoms with van der Waals surface area (Å²) in [6.07, 6.45) is -2.30. The predicted octanol–water partition coefficient (Wildman–Crippen LogP) is 4.02. The summed E-state index contributed by atoms with van der Waals surface area (Å²) >= 11 is 6.42. The van der Waals surface area contributed by atoms with E-state index < -0.39 is 24.4 Å². The van der Waals surface area contributed by atoms with Crippen LogP contribution in [0, 0.1) is 5.92 Å². The maximum absolute atomic E-state index is 10.5. The molecule has 0 bridgehead atoms. The van der Waals surface area contributed by atoms with Gasteiger partial charge < -0.3 is 24.8 Å². The van der Waals surface area contributed by atoms with Crippen molar-refractivity contribution >= 4 is 11.6 Å². The molecular formula is C24H29ClO5. The minimum atomic E-state index is -1.33. The van der Waals surface area contributed by atoms with E-state index >= 15 is 0 Å². The van der Waals surface area contributed by atoms with Gasteiger partial charge in [0.1, 0.15) is 29.8 Å². The molecule has 2 aromatic carbocycles. The molecule has 30 heavy (non-hydrogen) atoms. The van der Waals surface area contributed by atoms with E-state index in [9.17, 15) is 15.3 Å². The molecule has 3 N–H and O–H groups in total. The Labute approximate surface area is 182 Å². The van der Waals surface area contributed by atoms with Crippen molar-refractivity contribution in [1.29, 1.82) is 0 Å². The summed E-state index contributed by atoms with van der Waals surface area (Å²) < 4.78 is 11.4. The maximum atomic E-state index is 10.5. The molecule has 3 rings (SSSR count). The van der Waals surface area contributed by atoms with Crippen molar-refractivity contribution in [2.75, 3.05) is 6.61 Å². The monoisotopic (exact) mass is 432 g/mol. The van der Waals surface area contributed by atoms with Crippen molar-refractivity contribution in [3.05, 3.63) is 76.0 Å². The highest BCUT2D eigenvalue weighted by molar-refractivity contribution is 6.31. The van der Waals surface area contributed by atoms with Gasteiger partial charge >= 0.3 is 0 Å². The summed E-state index contributed by atoms with van der Waals surface area (Å²) in [5.41, 5.74) is 2.64. The molecule has 1 aliphatic heterocycles. The Morgan fingerprint density at radius 3 is 2.40 bits per heavy atom. The van der Waals surface area contributed by atoms with Crippen LogP contribution in [0.3, 0.4) is 0 Å². The van der Waals surface area contributed by atoms with E-state index in [1.165, 1.54) is 0 Å². The molecule has 1 saturated heterocycles.